The van der Waals surface area contributed by atoms with E-state index in [1.165, 1.54) is 11.3 Å². The van der Waals surface area contributed by atoms with Gasteiger partial charge in [-0.15, -0.1) is 11.3 Å². The van der Waals surface area contributed by atoms with E-state index in [9.17, 15) is 4.79 Å². The van der Waals surface area contributed by atoms with Gasteiger partial charge in [-0.3, -0.25) is 4.79 Å². The minimum absolute atomic E-state index is 0.181. The molecule has 0 aliphatic rings. The van der Waals surface area contributed by atoms with Crippen molar-refractivity contribution in [3.8, 4) is 0 Å². The van der Waals surface area contributed by atoms with E-state index in [1.807, 2.05) is 25.1 Å². The second-order valence-electron chi connectivity index (χ2n) is 4.25. The Morgan fingerprint density at radius 2 is 2.26 bits per heavy atom. The standard InChI is InChI=1S/C14H17N3OS/c1-3-10-6-4-5-9(2)13(10)17-14(18)11-8-19-12(7-15)16-11/h4-6,8H,3,7,15H2,1-2H3,(H,17,18). The summed E-state index contributed by atoms with van der Waals surface area (Å²) in [5.41, 5.74) is 9.00. The monoisotopic (exact) mass is 275 g/mol. The number of thiazole rings is 1. The average molecular weight is 275 g/mol. The van der Waals surface area contributed by atoms with Crippen molar-refractivity contribution in [2.45, 2.75) is 26.8 Å². The van der Waals surface area contributed by atoms with Crippen molar-refractivity contribution in [1.29, 1.82) is 0 Å². The number of benzene rings is 1. The summed E-state index contributed by atoms with van der Waals surface area (Å²) >= 11 is 1.41. The van der Waals surface area contributed by atoms with Crippen LogP contribution >= 0.6 is 11.3 Å². The normalized spacial score (nSPS) is 10.5. The van der Waals surface area contributed by atoms with E-state index in [0.717, 1.165) is 28.2 Å². The molecule has 4 nitrogen and oxygen atoms in total. The van der Waals surface area contributed by atoms with Crippen molar-refractivity contribution >= 4 is 22.9 Å². The number of para-hydroxylation sites is 1. The molecule has 3 N–H and O–H groups in total. The Labute approximate surface area is 116 Å². The van der Waals surface area contributed by atoms with E-state index in [1.54, 1.807) is 5.38 Å². The number of rotatable bonds is 4. The largest absolute Gasteiger partial charge is 0.325 e. The van der Waals surface area contributed by atoms with E-state index in [-0.39, 0.29) is 5.91 Å². The molecule has 0 saturated carbocycles. The first-order valence-corrected chi connectivity index (χ1v) is 7.08. The summed E-state index contributed by atoms with van der Waals surface area (Å²) in [6, 6.07) is 6.01. The first kappa shape index (κ1) is 13.7. The molecule has 0 spiro atoms. The predicted octanol–water partition coefficient (Wildman–Crippen LogP) is 2.72. The van der Waals surface area contributed by atoms with Crippen LogP contribution in [0.4, 0.5) is 5.69 Å². The lowest BCUT2D eigenvalue weighted by Gasteiger charge is -2.11. The van der Waals surface area contributed by atoms with Crippen molar-refractivity contribution in [1.82, 2.24) is 4.98 Å². The van der Waals surface area contributed by atoms with Gasteiger partial charge in [-0.2, -0.15) is 0 Å². The number of hydrogen-bond donors (Lipinski definition) is 2. The van der Waals surface area contributed by atoms with Crippen LogP contribution in [0.15, 0.2) is 23.6 Å². The van der Waals surface area contributed by atoms with Crippen LogP contribution in [0, 0.1) is 6.92 Å². The average Bonchev–Trinajstić information content (AvgIpc) is 2.90. The smallest absolute Gasteiger partial charge is 0.275 e. The second kappa shape index (κ2) is 5.95. The number of aryl methyl sites for hydroxylation is 2. The number of nitrogens with two attached hydrogens (primary N) is 1. The van der Waals surface area contributed by atoms with Gasteiger partial charge < -0.3 is 11.1 Å². The van der Waals surface area contributed by atoms with Gasteiger partial charge in [-0.05, 0) is 24.5 Å². The van der Waals surface area contributed by atoms with E-state index in [2.05, 4.69) is 17.2 Å². The van der Waals surface area contributed by atoms with Gasteiger partial charge in [0.05, 0.1) is 0 Å². The third-order valence-corrected chi connectivity index (χ3v) is 3.81. The number of carbonyl (C=O) groups excluding carboxylic acids is 1. The maximum Gasteiger partial charge on any atom is 0.275 e. The van der Waals surface area contributed by atoms with Crippen LogP contribution in [-0.4, -0.2) is 10.9 Å². The minimum Gasteiger partial charge on any atom is -0.325 e. The molecule has 5 heteroatoms. The number of anilines is 1. The van der Waals surface area contributed by atoms with Crippen LogP contribution in [0.25, 0.3) is 0 Å². The van der Waals surface area contributed by atoms with Crippen LogP contribution in [0.3, 0.4) is 0 Å². The molecule has 0 radical (unpaired) electrons. The summed E-state index contributed by atoms with van der Waals surface area (Å²) in [5.74, 6) is -0.181. The van der Waals surface area contributed by atoms with Crippen molar-refractivity contribution in [2.24, 2.45) is 5.73 Å². The molecule has 1 heterocycles. The molecule has 1 amide bonds. The number of hydrogen-bond acceptors (Lipinski definition) is 4. The van der Waals surface area contributed by atoms with E-state index in [4.69, 9.17) is 5.73 Å². The zero-order valence-electron chi connectivity index (χ0n) is 11.1. The fourth-order valence-corrected chi connectivity index (χ4v) is 2.54. The van der Waals surface area contributed by atoms with Crippen molar-refractivity contribution in [3.63, 3.8) is 0 Å². The molecule has 1 aromatic carbocycles. The SMILES string of the molecule is CCc1cccc(C)c1NC(=O)c1csc(CN)n1. The number of carbonyl (C=O) groups is 1. The van der Waals surface area contributed by atoms with Gasteiger partial charge in [0, 0.05) is 17.6 Å². The third-order valence-electron chi connectivity index (χ3n) is 2.94. The molecule has 0 atom stereocenters. The molecule has 0 unspecified atom stereocenters. The zero-order valence-corrected chi connectivity index (χ0v) is 11.9. The molecule has 2 aromatic rings. The molecule has 2 rings (SSSR count). The van der Waals surface area contributed by atoms with Crippen molar-refractivity contribution < 1.29 is 4.79 Å². The van der Waals surface area contributed by atoms with Gasteiger partial charge in [-0.25, -0.2) is 4.98 Å². The highest BCUT2D eigenvalue weighted by Crippen LogP contribution is 2.22. The Hall–Kier alpha value is -1.72. The summed E-state index contributed by atoms with van der Waals surface area (Å²) in [4.78, 5) is 16.3. The lowest BCUT2D eigenvalue weighted by Crippen LogP contribution is -2.15. The molecule has 0 saturated heterocycles. The van der Waals surface area contributed by atoms with Crippen molar-refractivity contribution in [2.75, 3.05) is 5.32 Å². The number of amides is 1. The van der Waals surface area contributed by atoms with E-state index >= 15 is 0 Å². The van der Waals surface area contributed by atoms with Crippen molar-refractivity contribution in [3.05, 3.63) is 45.4 Å². The lowest BCUT2D eigenvalue weighted by molar-refractivity contribution is 0.102. The molecule has 100 valence electrons. The Morgan fingerprint density at radius 3 is 2.89 bits per heavy atom. The third kappa shape index (κ3) is 3.00. The van der Waals surface area contributed by atoms with Gasteiger partial charge in [0.25, 0.3) is 5.91 Å². The molecule has 0 aliphatic heterocycles. The highest BCUT2D eigenvalue weighted by atomic mass is 32.1. The highest BCUT2D eigenvalue weighted by Gasteiger charge is 2.13. The Kier molecular flexibility index (Phi) is 4.29. The molecular weight excluding hydrogens is 258 g/mol. The van der Waals surface area contributed by atoms with Gasteiger partial charge in [0.1, 0.15) is 10.7 Å². The fraction of sp³-hybridized carbons (Fsp3) is 0.286. The Morgan fingerprint density at radius 1 is 1.47 bits per heavy atom. The molecule has 1 aromatic heterocycles. The quantitative estimate of drug-likeness (QED) is 0.901. The number of nitrogens with one attached hydrogen (secondary N) is 1. The molecule has 0 bridgehead atoms. The summed E-state index contributed by atoms with van der Waals surface area (Å²) in [5, 5.41) is 5.45. The minimum atomic E-state index is -0.181. The van der Waals surface area contributed by atoms with Gasteiger partial charge in [0.2, 0.25) is 0 Å². The number of aromatic nitrogens is 1. The maximum atomic E-state index is 12.2. The summed E-state index contributed by atoms with van der Waals surface area (Å²) in [7, 11) is 0. The fourth-order valence-electron chi connectivity index (χ4n) is 1.89. The topological polar surface area (TPSA) is 68.0 Å². The molecular formula is C14H17N3OS. The van der Waals surface area contributed by atoms with Gasteiger partial charge in [0.15, 0.2) is 0 Å². The second-order valence-corrected chi connectivity index (χ2v) is 5.19. The summed E-state index contributed by atoms with van der Waals surface area (Å²) in [6.45, 7) is 4.42. The molecule has 0 aliphatic carbocycles. The van der Waals surface area contributed by atoms with Gasteiger partial charge >= 0.3 is 0 Å². The lowest BCUT2D eigenvalue weighted by atomic mass is 10.1. The first-order valence-electron chi connectivity index (χ1n) is 6.20. The van der Waals surface area contributed by atoms with Crippen LogP contribution in [0.2, 0.25) is 0 Å². The molecule has 0 fully saturated rings. The maximum absolute atomic E-state index is 12.2. The first-order chi connectivity index (χ1) is 9.15. The Bertz CT molecular complexity index is 592. The van der Waals surface area contributed by atoms with E-state index in [0.29, 0.717) is 12.2 Å². The van der Waals surface area contributed by atoms with Crippen LogP contribution < -0.4 is 11.1 Å². The van der Waals surface area contributed by atoms with Gasteiger partial charge in [-0.1, -0.05) is 25.1 Å². The predicted molar refractivity (Wildman–Crippen MR) is 78.5 cm³/mol. The molecule has 19 heavy (non-hydrogen) atoms. The van der Waals surface area contributed by atoms with Crippen LogP contribution in [0.5, 0.6) is 0 Å². The Balaban J connectivity index is 2.23. The van der Waals surface area contributed by atoms with Crippen LogP contribution in [-0.2, 0) is 13.0 Å². The number of nitrogens with zero attached hydrogens (tertiary/aromatic N) is 1. The van der Waals surface area contributed by atoms with Crippen LogP contribution in [0.1, 0.15) is 33.5 Å². The summed E-state index contributed by atoms with van der Waals surface area (Å²) < 4.78 is 0. The highest BCUT2D eigenvalue weighted by molar-refractivity contribution is 7.09. The summed E-state index contributed by atoms with van der Waals surface area (Å²) in [6.07, 6.45) is 0.877. The zero-order chi connectivity index (χ0) is 13.8. The van der Waals surface area contributed by atoms with E-state index < -0.39 is 0 Å².